The summed E-state index contributed by atoms with van der Waals surface area (Å²) in [6.45, 7) is 4.60. The van der Waals surface area contributed by atoms with Gasteiger partial charge in [0.2, 0.25) is 0 Å². The van der Waals surface area contributed by atoms with Gasteiger partial charge in [-0.25, -0.2) is 4.99 Å². The number of carbonyl (C=O) groups is 1. The van der Waals surface area contributed by atoms with Gasteiger partial charge in [0.1, 0.15) is 0 Å². The molecule has 2 aromatic carbocycles. The van der Waals surface area contributed by atoms with Crippen LogP contribution in [0.25, 0.3) is 6.08 Å². The Kier molecular flexibility index (Phi) is 6.19. The summed E-state index contributed by atoms with van der Waals surface area (Å²) in [7, 11) is 1.60. The molecule has 0 aromatic heterocycles. The summed E-state index contributed by atoms with van der Waals surface area (Å²) in [4.78, 5) is 17.4. The van der Waals surface area contributed by atoms with E-state index in [1.807, 2.05) is 55.5 Å². The van der Waals surface area contributed by atoms with Crippen LogP contribution in [-0.4, -0.2) is 24.8 Å². The van der Waals surface area contributed by atoms with Crippen LogP contribution in [0.4, 0.5) is 5.69 Å². The normalized spacial score (nSPS) is 16.6. The fraction of sp³-hybridized carbons (Fsp3) is 0.238. The molecule has 2 aromatic rings. The van der Waals surface area contributed by atoms with Gasteiger partial charge in [0.05, 0.1) is 24.3 Å². The minimum atomic E-state index is -0.156. The van der Waals surface area contributed by atoms with E-state index in [4.69, 9.17) is 9.47 Å². The molecule has 0 radical (unpaired) electrons. The number of hydrogen-bond donors (Lipinski definition) is 1. The molecule has 1 N–H and O–H groups in total. The quantitative estimate of drug-likeness (QED) is 0.745. The standard InChI is InChI=1S/C21H22N2O3S/c1-4-14-6-9-16(10-7-14)22-21-23-20(24)19(27-21)13-15-8-11-17(26-5-2)18(12-15)25-3/h6-13H,4-5H2,1-3H3,(H,22,23,24)/b19-13+. The molecule has 6 heteroatoms. The first kappa shape index (κ1) is 19.0. The van der Waals surface area contributed by atoms with Gasteiger partial charge in [-0.1, -0.05) is 25.1 Å². The fourth-order valence-electron chi connectivity index (χ4n) is 2.60. The molecule has 1 saturated heterocycles. The molecule has 0 unspecified atom stereocenters. The topological polar surface area (TPSA) is 59.9 Å². The molecule has 1 amide bonds. The lowest BCUT2D eigenvalue weighted by molar-refractivity contribution is -0.115. The summed E-state index contributed by atoms with van der Waals surface area (Å²) < 4.78 is 10.9. The van der Waals surface area contributed by atoms with E-state index in [1.54, 1.807) is 7.11 Å². The van der Waals surface area contributed by atoms with Gasteiger partial charge in [-0.2, -0.15) is 0 Å². The summed E-state index contributed by atoms with van der Waals surface area (Å²) in [5, 5.41) is 3.39. The highest BCUT2D eigenvalue weighted by Gasteiger charge is 2.24. The fourth-order valence-corrected chi connectivity index (χ4v) is 3.45. The van der Waals surface area contributed by atoms with Crippen LogP contribution >= 0.6 is 11.8 Å². The number of nitrogens with one attached hydrogen (secondary N) is 1. The number of thioether (sulfide) groups is 1. The zero-order valence-electron chi connectivity index (χ0n) is 15.6. The average molecular weight is 382 g/mol. The van der Waals surface area contributed by atoms with Crippen molar-refractivity contribution >= 4 is 34.6 Å². The highest BCUT2D eigenvalue weighted by atomic mass is 32.2. The second-order valence-electron chi connectivity index (χ2n) is 5.85. The van der Waals surface area contributed by atoms with Crippen LogP contribution in [0.3, 0.4) is 0 Å². The SMILES string of the molecule is CCOc1ccc(/C=C2/SC(=Nc3ccc(CC)cc3)NC2=O)cc1OC. The lowest BCUT2D eigenvalue weighted by Gasteiger charge is -2.09. The molecule has 1 heterocycles. The number of aliphatic imine (C=N–C) groups is 1. The molecule has 1 aliphatic rings. The number of ether oxygens (including phenoxy) is 2. The first-order valence-electron chi connectivity index (χ1n) is 8.82. The molecule has 1 aliphatic heterocycles. The maximum absolute atomic E-state index is 12.3. The maximum Gasteiger partial charge on any atom is 0.264 e. The molecule has 0 bridgehead atoms. The van der Waals surface area contributed by atoms with Crippen molar-refractivity contribution in [2.45, 2.75) is 20.3 Å². The Bertz CT molecular complexity index is 889. The van der Waals surface area contributed by atoms with Crippen molar-refractivity contribution < 1.29 is 14.3 Å². The van der Waals surface area contributed by atoms with E-state index in [0.29, 0.717) is 28.2 Å². The van der Waals surface area contributed by atoms with Crippen LogP contribution < -0.4 is 14.8 Å². The van der Waals surface area contributed by atoms with Crippen molar-refractivity contribution in [3.8, 4) is 11.5 Å². The van der Waals surface area contributed by atoms with E-state index < -0.39 is 0 Å². The van der Waals surface area contributed by atoms with Crippen LogP contribution in [0, 0.1) is 0 Å². The Labute approximate surface area is 163 Å². The van der Waals surface area contributed by atoms with Gasteiger partial charge in [0.15, 0.2) is 16.7 Å². The van der Waals surface area contributed by atoms with Crippen LogP contribution in [-0.2, 0) is 11.2 Å². The molecule has 0 aliphatic carbocycles. The van der Waals surface area contributed by atoms with Gasteiger partial charge in [-0.3, -0.25) is 4.79 Å². The Morgan fingerprint density at radius 1 is 1.11 bits per heavy atom. The van der Waals surface area contributed by atoms with Crippen molar-refractivity contribution in [3.05, 3.63) is 58.5 Å². The molecule has 0 spiro atoms. The summed E-state index contributed by atoms with van der Waals surface area (Å²) in [5.74, 6) is 1.17. The molecule has 27 heavy (non-hydrogen) atoms. The van der Waals surface area contributed by atoms with Gasteiger partial charge in [0.25, 0.3) is 5.91 Å². The van der Waals surface area contributed by atoms with E-state index in [9.17, 15) is 4.79 Å². The summed E-state index contributed by atoms with van der Waals surface area (Å²) in [5.41, 5.74) is 2.94. The van der Waals surface area contributed by atoms with Gasteiger partial charge in [0, 0.05) is 0 Å². The second-order valence-corrected chi connectivity index (χ2v) is 6.88. The third-order valence-electron chi connectivity index (χ3n) is 4.01. The predicted molar refractivity (Wildman–Crippen MR) is 111 cm³/mol. The largest absolute Gasteiger partial charge is 0.493 e. The summed E-state index contributed by atoms with van der Waals surface area (Å²) in [6.07, 6.45) is 2.81. The van der Waals surface area contributed by atoms with Crippen LogP contribution in [0.5, 0.6) is 11.5 Å². The number of methoxy groups -OCH3 is 1. The zero-order valence-corrected chi connectivity index (χ0v) is 16.4. The smallest absolute Gasteiger partial charge is 0.264 e. The molecule has 0 atom stereocenters. The lowest BCUT2D eigenvalue weighted by atomic mass is 10.2. The number of carbonyl (C=O) groups excluding carboxylic acids is 1. The third-order valence-corrected chi connectivity index (χ3v) is 4.92. The van der Waals surface area contributed by atoms with Crippen molar-refractivity contribution in [2.24, 2.45) is 4.99 Å². The molecule has 140 valence electrons. The number of aryl methyl sites for hydroxylation is 1. The van der Waals surface area contributed by atoms with Crippen molar-refractivity contribution in [2.75, 3.05) is 13.7 Å². The van der Waals surface area contributed by atoms with Gasteiger partial charge in [-0.15, -0.1) is 0 Å². The number of nitrogens with zero attached hydrogens (tertiary/aromatic N) is 1. The molecule has 0 saturated carbocycles. The first-order chi connectivity index (χ1) is 13.1. The summed E-state index contributed by atoms with van der Waals surface area (Å²) >= 11 is 1.32. The third kappa shape index (κ3) is 4.71. The highest BCUT2D eigenvalue weighted by molar-refractivity contribution is 8.18. The Morgan fingerprint density at radius 2 is 1.89 bits per heavy atom. The molecular weight excluding hydrogens is 360 g/mol. The van der Waals surface area contributed by atoms with E-state index in [0.717, 1.165) is 17.7 Å². The highest BCUT2D eigenvalue weighted by Crippen LogP contribution is 2.32. The zero-order chi connectivity index (χ0) is 19.2. The Morgan fingerprint density at radius 3 is 2.56 bits per heavy atom. The number of hydrogen-bond acceptors (Lipinski definition) is 5. The summed E-state index contributed by atoms with van der Waals surface area (Å²) in [6, 6.07) is 13.6. The first-order valence-corrected chi connectivity index (χ1v) is 9.64. The van der Waals surface area contributed by atoms with Crippen molar-refractivity contribution in [1.29, 1.82) is 0 Å². The molecule has 3 rings (SSSR count). The van der Waals surface area contributed by atoms with Gasteiger partial charge >= 0.3 is 0 Å². The average Bonchev–Trinajstić information content (AvgIpc) is 3.02. The second kappa shape index (κ2) is 8.77. The predicted octanol–water partition coefficient (Wildman–Crippen LogP) is 4.55. The minimum Gasteiger partial charge on any atom is -0.493 e. The monoisotopic (exact) mass is 382 g/mol. The number of rotatable bonds is 6. The Hall–Kier alpha value is -2.73. The van der Waals surface area contributed by atoms with Crippen molar-refractivity contribution in [3.63, 3.8) is 0 Å². The lowest BCUT2D eigenvalue weighted by Crippen LogP contribution is -2.19. The van der Waals surface area contributed by atoms with E-state index in [1.165, 1.54) is 17.3 Å². The minimum absolute atomic E-state index is 0.156. The van der Waals surface area contributed by atoms with E-state index in [2.05, 4.69) is 17.2 Å². The number of benzene rings is 2. The number of amidine groups is 1. The van der Waals surface area contributed by atoms with Gasteiger partial charge < -0.3 is 14.8 Å². The maximum atomic E-state index is 12.3. The number of amides is 1. The van der Waals surface area contributed by atoms with E-state index in [-0.39, 0.29) is 5.91 Å². The van der Waals surface area contributed by atoms with Crippen LogP contribution in [0.15, 0.2) is 52.4 Å². The van der Waals surface area contributed by atoms with E-state index >= 15 is 0 Å². The van der Waals surface area contributed by atoms with Crippen LogP contribution in [0.2, 0.25) is 0 Å². The van der Waals surface area contributed by atoms with Crippen molar-refractivity contribution in [1.82, 2.24) is 5.32 Å². The van der Waals surface area contributed by atoms with Crippen LogP contribution in [0.1, 0.15) is 25.0 Å². The molecular formula is C21H22N2O3S. The molecule has 5 nitrogen and oxygen atoms in total. The molecule has 1 fully saturated rings. The van der Waals surface area contributed by atoms with Gasteiger partial charge in [-0.05, 0) is 66.6 Å². The Balaban J connectivity index is 1.79.